The van der Waals surface area contributed by atoms with Crippen LogP contribution in [0.15, 0.2) is 35.4 Å². The van der Waals surface area contributed by atoms with Gasteiger partial charge in [-0.3, -0.25) is 14.2 Å². The maximum atomic E-state index is 13.4. The van der Waals surface area contributed by atoms with Crippen molar-refractivity contribution in [2.24, 2.45) is 0 Å². The Hall–Kier alpha value is -2.58. The minimum atomic E-state index is -0.355. The summed E-state index contributed by atoms with van der Waals surface area (Å²) in [7, 11) is 1.56. The number of benzene rings is 1. The second-order valence-corrected chi connectivity index (χ2v) is 6.79. The number of thiophene rings is 1. The van der Waals surface area contributed by atoms with Gasteiger partial charge in [-0.15, -0.1) is 11.3 Å². The molecule has 0 atom stereocenters. The average Bonchev–Trinajstić information content (AvgIpc) is 2.95. The van der Waals surface area contributed by atoms with Crippen LogP contribution in [0.5, 0.6) is 0 Å². The molecule has 0 bridgehead atoms. The summed E-state index contributed by atoms with van der Waals surface area (Å²) in [6, 6.07) is 6.08. The van der Waals surface area contributed by atoms with Crippen LogP contribution in [0.1, 0.15) is 20.8 Å². The summed E-state index contributed by atoms with van der Waals surface area (Å²) in [5.41, 5.74) is 1.02. The molecule has 8 heteroatoms. The first kappa shape index (κ1) is 18.2. The maximum Gasteiger partial charge on any atom is 0.262 e. The molecule has 136 valence electrons. The molecule has 26 heavy (non-hydrogen) atoms. The molecule has 0 saturated heterocycles. The highest BCUT2D eigenvalue weighted by atomic mass is 32.1. The molecule has 0 aliphatic carbocycles. The van der Waals surface area contributed by atoms with E-state index in [-0.39, 0.29) is 23.8 Å². The van der Waals surface area contributed by atoms with Crippen LogP contribution in [-0.2, 0) is 11.3 Å². The number of methoxy groups -OCH3 is 1. The molecule has 6 nitrogen and oxygen atoms in total. The standard InChI is InChI=1S/C18H18FN3O3S/c1-11-14-17(26-15(11)16(23)20-6-7-25-2)21-10-22(18(14)24)9-12-4-3-5-13(19)8-12/h3-5,8,10H,6-7,9H2,1-2H3,(H,20,23). The Bertz CT molecular complexity index is 1010. The van der Waals surface area contributed by atoms with Crippen molar-refractivity contribution in [3.05, 3.63) is 62.8 Å². The third-order valence-electron chi connectivity index (χ3n) is 3.96. The van der Waals surface area contributed by atoms with Crippen molar-refractivity contribution in [3.63, 3.8) is 0 Å². The van der Waals surface area contributed by atoms with Gasteiger partial charge in [0.1, 0.15) is 10.6 Å². The molecule has 1 amide bonds. The van der Waals surface area contributed by atoms with Crippen molar-refractivity contribution in [2.45, 2.75) is 13.5 Å². The molecule has 0 aliphatic heterocycles. The van der Waals surface area contributed by atoms with Gasteiger partial charge < -0.3 is 10.1 Å². The van der Waals surface area contributed by atoms with Gasteiger partial charge in [-0.1, -0.05) is 12.1 Å². The van der Waals surface area contributed by atoms with E-state index in [1.54, 1.807) is 26.2 Å². The SMILES string of the molecule is COCCNC(=O)c1sc2ncn(Cc3cccc(F)c3)c(=O)c2c1C. The molecule has 1 aromatic carbocycles. The number of rotatable bonds is 6. The summed E-state index contributed by atoms with van der Waals surface area (Å²) in [6.07, 6.45) is 1.43. The fraction of sp³-hybridized carbons (Fsp3) is 0.278. The topological polar surface area (TPSA) is 73.2 Å². The number of hydrogen-bond donors (Lipinski definition) is 1. The molecule has 0 unspecified atom stereocenters. The molecule has 0 spiro atoms. The smallest absolute Gasteiger partial charge is 0.262 e. The van der Waals surface area contributed by atoms with Crippen molar-refractivity contribution in [3.8, 4) is 0 Å². The predicted octanol–water partition coefficient (Wildman–Crippen LogP) is 2.33. The van der Waals surface area contributed by atoms with Crippen LogP contribution in [0.25, 0.3) is 10.2 Å². The molecule has 3 aromatic rings. The first-order chi connectivity index (χ1) is 12.5. The number of carbonyl (C=O) groups is 1. The van der Waals surface area contributed by atoms with Crippen LogP contribution >= 0.6 is 11.3 Å². The van der Waals surface area contributed by atoms with Gasteiger partial charge in [-0.05, 0) is 30.2 Å². The molecular formula is C18H18FN3O3S. The molecular weight excluding hydrogens is 357 g/mol. The van der Waals surface area contributed by atoms with E-state index in [4.69, 9.17) is 4.74 Å². The lowest BCUT2D eigenvalue weighted by Crippen LogP contribution is -2.26. The number of halogens is 1. The van der Waals surface area contributed by atoms with Crippen LogP contribution in [0.2, 0.25) is 0 Å². The lowest BCUT2D eigenvalue weighted by atomic mass is 10.2. The van der Waals surface area contributed by atoms with E-state index in [1.165, 1.54) is 34.4 Å². The quantitative estimate of drug-likeness (QED) is 0.671. The third-order valence-corrected chi connectivity index (χ3v) is 5.16. The van der Waals surface area contributed by atoms with Gasteiger partial charge in [0.25, 0.3) is 11.5 Å². The second-order valence-electron chi connectivity index (χ2n) is 5.79. The van der Waals surface area contributed by atoms with Gasteiger partial charge >= 0.3 is 0 Å². The lowest BCUT2D eigenvalue weighted by Gasteiger charge is -2.06. The predicted molar refractivity (Wildman–Crippen MR) is 98.3 cm³/mol. The van der Waals surface area contributed by atoms with E-state index >= 15 is 0 Å². The molecule has 1 N–H and O–H groups in total. The van der Waals surface area contributed by atoms with E-state index in [0.29, 0.717) is 39.4 Å². The first-order valence-electron chi connectivity index (χ1n) is 8.01. The zero-order valence-electron chi connectivity index (χ0n) is 14.4. The van der Waals surface area contributed by atoms with Crippen molar-refractivity contribution < 1.29 is 13.9 Å². The Morgan fingerprint density at radius 2 is 2.23 bits per heavy atom. The number of ether oxygens (including phenoxy) is 1. The Labute approximate surface area is 153 Å². The molecule has 2 aromatic heterocycles. The monoisotopic (exact) mass is 375 g/mol. The average molecular weight is 375 g/mol. The van der Waals surface area contributed by atoms with Crippen LogP contribution in [0.3, 0.4) is 0 Å². The molecule has 2 heterocycles. The van der Waals surface area contributed by atoms with Crippen molar-refractivity contribution in [1.29, 1.82) is 0 Å². The zero-order chi connectivity index (χ0) is 18.7. The Kier molecular flexibility index (Phi) is 5.43. The first-order valence-corrected chi connectivity index (χ1v) is 8.83. The van der Waals surface area contributed by atoms with Crippen molar-refractivity contribution in [2.75, 3.05) is 20.3 Å². The molecule has 3 rings (SSSR count). The van der Waals surface area contributed by atoms with Crippen LogP contribution in [0.4, 0.5) is 4.39 Å². The van der Waals surface area contributed by atoms with Crippen LogP contribution in [0, 0.1) is 12.7 Å². The van der Waals surface area contributed by atoms with Gasteiger partial charge in [-0.2, -0.15) is 0 Å². The zero-order valence-corrected chi connectivity index (χ0v) is 15.2. The van der Waals surface area contributed by atoms with E-state index in [9.17, 15) is 14.0 Å². The lowest BCUT2D eigenvalue weighted by molar-refractivity contribution is 0.0940. The molecule has 0 radical (unpaired) electrons. The second kappa shape index (κ2) is 7.76. The van der Waals surface area contributed by atoms with Gasteiger partial charge in [0, 0.05) is 13.7 Å². The third kappa shape index (κ3) is 3.66. The number of carbonyl (C=O) groups excluding carboxylic acids is 1. The van der Waals surface area contributed by atoms with Gasteiger partial charge in [0.2, 0.25) is 0 Å². The van der Waals surface area contributed by atoms with E-state index in [1.807, 2.05) is 0 Å². The number of aromatic nitrogens is 2. The fourth-order valence-corrected chi connectivity index (χ4v) is 3.72. The number of fused-ring (bicyclic) bond motifs is 1. The molecule has 0 fully saturated rings. The highest BCUT2D eigenvalue weighted by molar-refractivity contribution is 7.20. The number of amides is 1. The molecule has 0 saturated carbocycles. The van der Waals surface area contributed by atoms with Crippen LogP contribution in [-0.4, -0.2) is 35.7 Å². The van der Waals surface area contributed by atoms with E-state index in [0.717, 1.165) is 0 Å². The number of nitrogens with zero attached hydrogens (tertiary/aromatic N) is 2. The number of nitrogens with one attached hydrogen (secondary N) is 1. The summed E-state index contributed by atoms with van der Waals surface area (Å²) >= 11 is 1.18. The van der Waals surface area contributed by atoms with Gasteiger partial charge in [0.15, 0.2) is 0 Å². The van der Waals surface area contributed by atoms with Crippen molar-refractivity contribution in [1.82, 2.24) is 14.9 Å². The normalized spacial score (nSPS) is 11.0. The minimum absolute atomic E-state index is 0.212. The van der Waals surface area contributed by atoms with E-state index < -0.39 is 0 Å². The Balaban J connectivity index is 1.95. The largest absolute Gasteiger partial charge is 0.383 e. The Morgan fingerprint density at radius 1 is 1.42 bits per heavy atom. The van der Waals surface area contributed by atoms with Gasteiger partial charge in [-0.25, -0.2) is 9.37 Å². The summed E-state index contributed by atoms with van der Waals surface area (Å²) < 4.78 is 19.7. The maximum absolute atomic E-state index is 13.4. The summed E-state index contributed by atoms with van der Waals surface area (Å²) in [4.78, 5) is 30.4. The summed E-state index contributed by atoms with van der Waals surface area (Å²) in [5.74, 6) is -0.607. The van der Waals surface area contributed by atoms with Crippen LogP contribution < -0.4 is 10.9 Å². The molecule has 0 aliphatic rings. The summed E-state index contributed by atoms with van der Waals surface area (Å²) in [5, 5.41) is 3.17. The fourth-order valence-electron chi connectivity index (χ4n) is 2.67. The Morgan fingerprint density at radius 3 is 2.96 bits per heavy atom. The highest BCUT2D eigenvalue weighted by Gasteiger charge is 2.19. The van der Waals surface area contributed by atoms with Gasteiger partial charge in [0.05, 0.1) is 29.7 Å². The van der Waals surface area contributed by atoms with E-state index in [2.05, 4.69) is 10.3 Å². The summed E-state index contributed by atoms with van der Waals surface area (Å²) in [6.45, 7) is 2.75. The van der Waals surface area contributed by atoms with Crippen molar-refractivity contribution >= 4 is 27.5 Å². The highest BCUT2D eigenvalue weighted by Crippen LogP contribution is 2.26. The minimum Gasteiger partial charge on any atom is -0.383 e. The number of hydrogen-bond acceptors (Lipinski definition) is 5. The number of aryl methyl sites for hydroxylation is 1.